The van der Waals surface area contributed by atoms with E-state index in [0.717, 1.165) is 10.6 Å². The lowest BCUT2D eigenvalue weighted by Gasteiger charge is -2.42. The van der Waals surface area contributed by atoms with Crippen LogP contribution in [0.15, 0.2) is 30.3 Å². The molecule has 11 heteroatoms. The van der Waals surface area contributed by atoms with Gasteiger partial charge >= 0.3 is 5.97 Å². The van der Waals surface area contributed by atoms with Crippen LogP contribution < -0.4 is 4.31 Å². The number of rotatable bonds is 9. The van der Waals surface area contributed by atoms with Crippen molar-refractivity contribution in [1.82, 2.24) is 9.97 Å². The number of hydrogen-bond acceptors (Lipinski definition) is 7. The van der Waals surface area contributed by atoms with Crippen LogP contribution in [0, 0.1) is 17.7 Å². The first kappa shape index (κ1) is 30.6. The quantitative estimate of drug-likeness (QED) is 0.449. The highest BCUT2D eigenvalue weighted by Crippen LogP contribution is 2.36. The SMILES string of the molecule is CC(C)c1nc(N(C)S(C)(=O)=O)nc(-c2ccc(F)cc2)c1C=C[C@@H]1C[C@H](C(C(=O)O)C(C)C)OC(C)(C)O1. The lowest BCUT2D eigenvalue weighted by Crippen LogP contribution is -2.49. The summed E-state index contributed by atoms with van der Waals surface area (Å²) in [5.41, 5.74) is 2.24. The van der Waals surface area contributed by atoms with Crippen LogP contribution >= 0.6 is 0 Å². The zero-order valence-electron chi connectivity index (χ0n) is 23.7. The smallest absolute Gasteiger partial charge is 0.309 e. The maximum absolute atomic E-state index is 13.7. The van der Waals surface area contributed by atoms with Gasteiger partial charge in [0.15, 0.2) is 5.79 Å². The van der Waals surface area contributed by atoms with Crippen LogP contribution in [0.5, 0.6) is 0 Å². The van der Waals surface area contributed by atoms with Crippen molar-refractivity contribution in [2.75, 3.05) is 17.6 Å². The van der Waals surface area contributed by atoms with Crippen LogP contribution in [-0.4, -0.2) is 60.8 Å². The highest BCUT2D eigenvalue weighted by molar-refractivity contribution is 7.92. The van der Waals surface area contributed by atoms with Crippen molar-refractivity contribution in [3.05, 3.63) is 47.4 Å². The molecule has 39 heavy (non-hydrogen) atoms. The number of aromatic nitrogens is 2. The van der Waals surface area contributed by atoms with Crippen molar-refractivity contribution >= 4 is 28.0 Å². The Balaban J connectivity index is 2.14. The van der Waals surface area contributed by atoms with E-state index >= 15 is 0 Å². The highest BCUT2D eigenvalue weighted by Gasteiger charge is 2.42. The van der Waals surface area contributed by atoms with Crippen LogP contribution in [0.25, 0.3) is 17.3 Å². The van der Waals surface area contributed by atoms with Crippen LogP contribution in [0.2, 0.25) is 0 Å². The molecule has 1 N–H and O–H groups in total. The molecule has 0 aliphatic carbocycles. The Bertz CT molecular complexity index is 1330. The molecule has 0 amide bonds. The van der Waals surface area contributed by atoms with Crippen molar-refractivity contribution < 1.29 is 32.2 Å². The van der Waals surface area contributed by atoms with Gasteiger partial charge in [-0.15, -0.1) is 0 Å². The second kappa shape index (κ2) is 11.7. The van der Waals surface area contributed by atoms with Gasteiger partial charge in [-0.05, 0) is 49.9 Å². The van der Waals surface area contributed by atoms with Crippen LogP contribution in [0.4, 0.5) is 10.3 Å². The molecular weight excluding hydrogens is 525 g/mol. The second-order valence-corrected chi connectivity index (χ2v) is 13.0. The molecule has 1 aliphatic rings. The highest BCUT2D eigenvalue weighted by atomic mass is 32.2. The topological polar surface area (TPSA) is 119 Å². The molecule has 3 atom stereocenters. The first-order chi connectivity index (χ1) is 18.0. The van der Waals surface area contributed by atoms with Crippen LogP contribution in [0.1, 0.15) is 65.1 Å². The first-order valence-corrected chi connectivity index (χ1v) is 14.7. The molecule has 1 aromatic carbocycles. The van der Waals surface area contributed by atoms with E-state index in [9.17, 15) is 22.7 Å². The number of carboxylic acids is 1. The summed E-state index contributed by atoms with van der Waals surface area (Å²) in [6, 6.07) is 5.78. The molecule has 2 aromatic rings. The second-order valence-electron chi connectivity index (χ2n) is 11.0. The minimum Gasteiger partial charge on any atom is -0.481 e. The lowest BCUT2D eigenvalue weighted by molar-refractivity contribution is -0.299. The molecule has 1 fully saturated rings. The van der Waals surface area contributed by atoms with Crippen molar-refractivity contribution in [1.29, 1.82) is 0 Å². The van der Waals surface area contributed by atoms with Crippen LogP contribution in [-0.2, 0) is 24.3 Å². The molecule has 1 unspecified atom stereocenters. The maximum Gasteiger partial charge on any atom is 0.309 e. The fourth-order valence-electron chi connectivity index (χ4n) is 4.69. The molecule has 0 bridgehead atoms. The Labute approximate surface area is 230 Å². The number of nitrogens with zero attached hydrogens (tertiary/aromatic N) is 3. The minimum absolute atomic E-state index is 0.00224. The third kappa shape index (κ3) is 7.40. The van der Waals surface area contributed by atoms with E-state index in [0.29, 0.717) is 28.9 Å². The summed E-state index contributed by atoms with van der Waals surface area (Å²) in [5.74, 6) is -3.31. The number of sulfonamides is 1. The van der Waals surface area contributed by atoms with E-state index in [2.05, 4.69) is 9.97 Å². The number of ether oxygens (including phenoxy) is 2. The summed E-state index contributed by atoms with van der Waals surface area (Å²) >= 11 is 0. The largest absolute Gasteiger partial charge is 0.481 e. The fraction of sp³-hybridized carbons (Fsp3) is 0.536. The Hall–Kier alpha value is -2.89. The summed E-state index contributed by atoms with van der Waals surface area (Å²) in [5, 5.41) is 9.84. The molecule has 1 aromatic heterocycles. The zero-order chi connectivity index (χ0) is 29.3. The number of halogens is 1. The molecule has 0 spiro atoms. The lowest BCUT2D eigenvalue weighted by atomic mass is 9.86. The van der Waals surface area contributed by atoms with Crippen molar-refractivity contribution in [2.45, 2.75) is 71.9 Å². The average Bonchev–Trinajstić information content (AvgIpc) is 2.80. The number of hydrogen-bond donors (Lipinski definition) is 1. The average molecular weight is 564 g/mol. The van der Waals surface area contributed by atoms with Crippen molar-refractivity contribution in [2.24, 2.45) is 11.8 Å². The molecule has 0 saturated carbocycles. The van der Waals surface area contributed by atoms with Gasteiger partial charge in [0, 0.05) is 24.6 Å². The standard InChI is InChI=1S/C28H38FN3O6S/c1-16(2)23(26(33)34)22-15-20(37-28(5,6)38-22)13-14-21-24(17(3)4)30-27(32(7)39(8,35)36)31-25(21)18-9-11-19(29)12-10-18/h9-14,16-17,20,22-23H,15H2,1-8H3,(H,33,34)/t20-,22-,23?/m1/s1. The Morgan fingerprint density at radius 2 is 1.77 bits per heavy atom. The number of benzene rings is 1. The summed E-state index contributed by atoms with van der Waals surface area (Å²) < 4.78 is 51.5. The predicted octanol–water partition coefficient (Wildman–Crippen LogP) is 5.08. The van der Waals surface area contributed by atoms with Crippen molar-refractivity contribution in [3.8, 4) is 11.3 Å². The van der Waals surface area contributed by atoms with E-state index in [-0.39, 0.29) is 17.8 Å². The summed E-state index contributed by atoms with van der Waals surface area (Å²) in [4.78, 5) is 21.2. The monoisotopic (exact) mass is 563 g/mol. The van der Waals surface area contributed by atoms with Gasteiger partial charge in [-0.1, -0.05) is 39.8 Å². The summed E-state index contributed by atoms with van der Waals surface area (Å²) in [7, 11) is -2.26. The summed E-state index contributed by atoms with van der Waals surface area (Å²) in [6.07, 6.45) is 4.00. The molecule has 1 aliphatic heterocycles. The fourth-order valence-corrected chi connectivity index (χ4v) is 5.07. The minimum atomic E-state index is -3.64. The van der Waals surface area contributed by atoms with Gasteiger partial charge in [-0.2, -0.15) is 0 Å². The van der Waals surface area contributed by atoms with E-state index in [1.165, 1.54) is 19.2 Å². The normalized spacial score (nSPS) is 20.5. The van der Waals surface area contributed by atoms with Gasteiger partial charge in [0.05, 0.1) is 35.8 Å². The molecule has 214 valence electrons. The van der Waals surface area contributed by atoms with E-state index in [4.69, 9.17) is 9.47 Å². The van der Waals surface area contributed by atoms with E-state index < -0.39 is 45.7 Å². The molecule has 3 rings (SSSR count). The Morgan fingerprint density at radius 1 is 1.15 bits per heavy atom. The zero-order valence-corrected chi connectivity index (χ0v) is 24.5. The Kier molecular flexibility index (Phi) is 9.19. The third-order valence-electron chi connectivity index (χ3n) is 6.62. The third-order valence-corrected chi connectivity index (χ3v) is 7.78. The first-order valence-electron chi connectivity index (χ1n) is 12.9. The van der Waals surface area contributed by atoms with Gasteiger partial charge in [-0.25, -0.2) is 27.1 Å². The number of carboxylic acid groups (broad SMARTS) is 1. The van der Waals surface area contributed by atoms with E-state index in [1.807, 2.05) is 39.8 Å². The molecule has 2 heterocycles. The van der Waals surface area contributed by atoms with Gasteiger partial charge in [0.2, 0.25) is 16.0 Å². The van der Waals surface area contributed by atoms with E-state index in [1.54, 1.807) is 26.0 Å². The number of aliphatic carboxylic acids is 1. The van der Waals surface area contributed by atoms with Gasteiger partial charge in [0.25, 0.3) is 0 Å². The van der Waals surface area contributed by atoms with Gasteiger partial charge in [0.1, 0.15) is 5.82 Å². The molecule has 0 radical (unpaired) electrons. The van der Waals surface area contributed by atoms with Crippen LogP contribution in [0.3, 0.4) is 0 Å². The summed E-state index contributed by atoms with van der Waals surface area (Å²) in [6.45, 7) is 11.1. The predicted molar refractivity (Wildman–Crippen MR) is 148 cm³/mol. The molecule has 1 saturated heterocycles. The molecule has 9 nitrogen and oxygen atoms in total. The Morgan fingerprint density at radius 3 is 2.28 bits per heavy atom. The van der Waals surface area contributed by atoms with Gasteiger partial charge in [-0.3, -0.25) is 4.79 Å². The number of carbonyl (C=O) groups is 1. The molecular formula is C28H38FN3O6S. The van der Waals surface area contributed by atoms with Gasteiger partial charge < -0.3 is 14.6 Å². The number of anilines is 1. The van der Waals surface area contributed by atoms with Crippen molar-refractivity contribution in [3.63, 3.8) is 0 Å². The maximum atomic E-state index is 13.7.